The quantitative estimate of drug-likeness (QED) is 0.778. The number of halogens is 1. The summed E-state index contributed by atoms with van der Waals surface area (Å²) >= 11 is 3.36. The highest BCUT2D eigenvalue weighted by Gasteiger charge is 2.28. The smallest absolute Gasteiger partial charge is 0.244 e. The first-order chi connectivity index (χ1) is 11.6. The van der Waals surface area contributed by atoms with Crippen molar-refractivity contribution in [2.75, 3.05) is 26.2 Å². The maximum Gasteiger partial charge on any atom is 0.244 e. The molecule has 1 aliphatic heterocycles. The van der Waals surface area contributed by atoms with E-state index in [4.69, 9.17) is 0 Å². The maximum absolute atomic E-state index is 12.9. The Bertz CT molecular complexity index is 781. The second-order valence-electron chi connectivity index (χ2n) is 5.95. The fourth-order valence-corrected chi connectivity index (χ4v) is 5.41. The average Bonchev–Trinajstić information content (AvgIpc) is 2.82. The van der Waals surface area contributed by atoms with E-state index in [1.807, 2.05) is 24.3 Å². The van der Waals surface area contributed by atoms with E-state index in [1.54, 1.807) is 22.5 Å². The Morgan fingerprint density at radius 2 is 1.58 bits per heavy atom. The molecule has 0 amide bonds. The first-order valence-electron chi connectivity index (χ1n) is 8.08. The number of hydrogen-bond donors (Lipinski definition) is 0. The number of rotatable bonds is 4. The van der Waals surface area contributed by atoms with Crippen LogP contribution < -0.4 is 0 Å². The molecule has 0 spiro atoms. The minimum absolute atomic E-state index is 0.349. The van der Waals surface area contributed by atoms with Crippen LogP contribution >= 0.6 is 15.9 Å². The van der Waals surface area contributed by atoms with Crippen molar-refractivity contribution in [2.24, 2.45) is 0 Å². The molecule has 128 valence electrons. The predicted molar refractivity (Wildman–Crippen MR) is 99.2 cm³/mol. The molecule has 3 rings (SSSR count). The largest absolute Gasteiger partial charge is 0.298 e. The predicted octanol–water partition coefficient (Wildman–Crippen LogP) is 3.35. The van der Waals surface area contributed by atoms with Gasteiger partial charge in [0.25, 0.3) is 0 Å². The van der Waals surface area contributed by atoms with Crippen molar-refractivity contribution >= 4 is 26.0 Å². The van der Waals surface area contributed by atoms with Gasteiger partial charge in [-0.25, -0.2) is 8.42 Å². The number of sulfonamides is 1. The molecule has 0 aliphatic carbocycles. The van der Waals surface area contributed by atoms with Crippen LogP contribution in [0.15, 0.2) is 64.0 Å². The van der Waals surface area contributed by atoms with Gasteiger partial charge in [0.2, 0.25) is 10.0 Å². The van der Waals surface area contributed by atoms with Crippen LogP contribution in [0.2, 0.25) is 0 Å². The number of benzene rings is 2. The van der Waals surface area contributed by atoms with Gasteiger partial charge in [0.1, 0.15) is 0 Å². The summed E-state index contributed by atoms with van der Waals surface area (Å²) in [6.45, 7) is 3.62. The van der Waals surface area contributed by atoms with Crippen molar-refractivity contribution in [2.45, 2.75) is 17.9 Å². The zero-order valence-electron chi connectivity index (χ0n) is 13.4. The van der Waals surface area contributed by atoms with Gasteiger partial charge in [-0.2, -0.15) is 4.31 Å². The summed E-state index contributed by atoms with van der Waals surface area (Å²) < 4.78 is 28.0. The molecule has 0 atom stereocenters. The molecule has 2 aromatic rings. The molecule has 0 N–H and O–H groups in total. The van der Waals surface area contributed by atoms with E-state index in [0.29, 0.717) is 22.5 Å². The normalized spacial score (nSPS) is 17.5. The molecule has 4 nitrogen and oxygen atoms in total. The average molecular weight is 409 g/mol. The Morgan fingerprint density at radius 3 is 2.33 bits per heavy atom. The molecule has 0 saturated carbocycles. The highest BCUT2D eigenvalue weighted by atomic mass is 79.9. The minimum atomic E-state index is -3.45. The van der Waals surface area contributed by atoms with E-state index in [9.17, 15) is 8.42 Å². The second-order valence-corrected chi connectivity index (χ2v) is 8.71. The van der Waals surface area contributed by atoms with Crippen molar-refractivity contribution in [3.63, 3.8) is 0 Å². The van der Waals surface area contributed by atoms with Crippen LogP contribution in [-0.4, -0.2) is 43.8 Å². The highest BCUT2D eigenvalue weighted by molar-refractivity contribution is 9.10. The lowest BCUT2D eigenvalue weighted by Gasteiger charge is -2.22. The molecular formula is C18H21BrN2O2S. The summed E-state index contributed by atoms with van der Waals surface area (Å²) in [6, 6.07) is 17.3. The first kappa shape index (κ1) is 17.6. The van der Waals surface area contributed by atoms with E-state index in [-0.39, 0.29) is 0 Å². The lowest BCUT2D eigenvalue weighted by Crippen LogP contribution is -2.35. The molecule has 2 aromatic carbocycles. The maximum atomic E-state index is 12.9. The molecule has 1 saturated heterocycles. The zero-order valence-corrected chi connectivity index (χ0v) is 15.8. The molecular weight excluding hydrogens is 388 g/mol. The summed E-state index contributed by atoms with van der Waals surface area (Å²) in [7, 11) is -3.45. The van der Waals surface area contributed by atoms with Crippen LogP contribution in [0.1, 0.15) is 12.0 Å². The Hall–Kier alpha value is -1.21. The number of hydrogen-bond acceptors (Lipinski definition) is 3. The van der Waals surface area contributed by atoms with Crippen LogP contribution in [0.4, 0.5) is 0 Å². The van der Waals surface area contributed by atoms with E-state index in [1.165, 1.54) is 5.56 Å². The van der Waals surface area contributed by atoms with E-state index < -0.39 is 10.0 Å². The first-order valence-corrected chi connectivity index (χ1v) is 10.3. The summed E-state index contributed by atoms with van der Waals surface area (Å²) in [6.07, 6.45) is 0.844. The third-order valence-electron chi connectivity index (χ3n) is 4.25. The molecule has 1 fully saturated rings. The van der Waals surface area contributed by atoms with Crippen molar-refractivity contribution in [3.05, 3.63) is 64.6 Å². The monoisotopic (exact) mass is 408 g/mol. The van der Waals surface area contributed by atoms with Crippen molar-refractivity contribution in [3.8, 4) is 0 Å². The van der Waals surface area contributed by atoms with Gasteiger partial charge in [-0.1, -0.05) is 42.5 Å². The summed E-state index contributed by atoms with van der Waals surface area (Å²) in [5.41, 5.74) is 1.26. The standard InChI is InChI=1S/C18H21BrN2O2S/c19-17-9-4-5-10-18(17)24(22,23)21-12-6-11-20(13-14-21)15-16-7-2-1-3-8-16/h1-5,7-10H,6,11-15H2. The topological polar surface area (TPSA) is 40.6 Å². The summed E-state index contributed by atoms with van der Waals surface area (Å²) in [5.74, 6) is 0. The zero-order chi connectivity index (χ0) is 17.0. The van der Waals surface area contributed by atoms with E-state index >= 15 is 0 Å². The van der Waals surface area contributed by atoms with Crippen LogP contribution in [0.5, 0.6) is 0 Å². The summed E-state index contributed by atoms with van der Waals surface area (Å²) in [5, 5.41) is 0. The van der Waals surface area contributed by atoms with Gasteiger partial charge in [0.15, 0.2) is 0 Å². The van der Waals surface area contributed by atoms with Crippen LogP contribution in [-0.2, 0) is 16.6 Å². The Balaban J connectivity index is 1.70. The van der Waals surface area contributed by atoms with Crippen molar-refractivity contribution in [1.82, 2.24) is 9.21 Å². The molecule has 1 heterocycles. The molecule has 1 aliphatic rings. The van der Waals surface area contributed by atoms with Gasteiger partial charge in [-0.15, -0.1) is 0 Å². The third-order valence-corrected chi connectivity index (χ3v) is 7.16. The molecule has 0 aromatic heterocycles. The van der Waals surface area contributed by atoms with E-state index in [0.717, 1.165) is 26.1 Å². The SMILES string of the molecule is O=S(=O)(c1ccccc1Br)N1CCCN(Cc2ccccc2)CC1. The second kappa shape index (κ2) is 7.78. The third kappa shape index (κ3) is 4.06. The van der Waals surface area contributed by atoms with Gasteiger partial charge < -0.3 is 0 Å². The lowest BCUT2D eigenvalue weighted by molar-refractivity contribution is 0.278. The van der Waals surface area contributed by atoms with Crippen molar-refractivity contribution in [1.29, 1.82) is 0 Å². The minimum Gasteiger partial charge on any atom is -0.298 e. The van der Waals surface area contributed by atoms with Gasteiger partial charge in [0, 0.05) is 30.7 Å². The van der Waals surface area contributed by atoms with Crippen LogP contribution in [0.25, 0.3) is 0 Å². The Morgan fingerprint density at radius 1 is 0.875 bits per heavy atom. The van der Waals surface area contributed by atoms with Crippen LogP contribution in [0, 0.1) is 0 Å². The fraction of sp³-hybridized carbons (Fsp3) is 0.333. The molecule has 0 radical (unpaired) electrons. The molecule has 6 heteroatoms. The van der Waals surface area contributed by atoms with Crippen LogP contribution in [0.3, 0.4) is 0 Å². The van der Waals surface area contributed by atoms with Gasteiger partial charge in [-0.05, 0) is 46.6 Å². The lowest BCUT2D eigenvalue weighted by atomic mass is 10.2. The molecule has 0 unspecified atom stereocenters. The van der Waals surface area contributed by atoms with Gasteiger partial charge in [0.05, 0.1) is 4.90 Å². The van der Waals surface area contributed by atoms with Gasteiger partial charge in [-0.3, -0.25) is 4.90 Å². The Kier molecular flexibility index (Phi) is 5.71. The molecule has 24 heavy (non-hydrogen) atoms. The van der Waals surface area contributed by atoms with Crippen molar-refractivity contribution < 1.29 is 8.42 Å². The Labute approximate surface area is 152 Å². The highest BCUT2D eigenvalue weighted by Crippen LogP contribution is 2.25. The number of nitrogens with zero attached hydrogens (tertiary/aromatic N) is 2. The van der Waals surface area contributed by atoms with Gasteiger partial charge >= 0.3 is 0 Å². The fourth-order valence-electron chi connectivity index (χ4n) is 2.98. The van der Waals surface area contributed by atoms with E-state index in [2.05, 4.69) is 33.0 Å². The molecule has 0 bridgehead atoms. The summed E-state index contributed by atoms with van der Waals surface area (Å²) in [4.78, 5) is 2.67.